The van der Waals surface area contributed by atoms with E-state index in [1.165, 1.54) is 6.20 Å². The minimum Gasteiger partial charge on any atom is -0.350 e. The van der Waals surface area contributed by atoms with E-state index in [2.05, 4.69) is 38.1 Å². The van der Waals surface area contributed by atoms with Crippen LogP contribution in [0.25, 0.3) is 11.0 Å². The lowest BCUT2D eigenvalue weighted by Crippen LogP contribution is -2.51. The molecule has 230 valence electrons. The van der Waals surface area contributed by atoms with Crippen molar-refractivity contribution in [2.24, 2.45) is 13.0 Å². The second-order valence-electron chi connectivity index (χ2n) is 11.9. The summed E-state index contributed by atoms with van der Waals surface area (Å²) in [6.07, 6.45) is -0.749. The van der Waals surface area contributed by atoms with Crippen molar-refractivity contribution in [3.63, 3.8) is 0 Å². The average Bonchev–Trinajstić information content (AvgIpc) is 3.75. The van der Waals surface area contributed by atoms with Crippen molar-refractivity contribution in [1.29, 1.82) is 0 Å². The van der Waals surface area contributed by atoms with Gasteiger partial charge in [-0.15, -0.1) is 5.10 Å². The van der Waals surface area contributed by atoms with Gasteiger partial charge >= 0.3 is 6.18 Å². The van der Waals surface area contributed by atoms with Gasteiger partial charge in [0.25, 0.3) is 0 Å². The highest BCUT2D eigenvalue weighted by atomic mass is 19.4. The van der Waals surface area contributed by atoms with Gasteiger partial charge in [-0.3, -0.25) is 14.6 Å². The number of fused-ring (bicyclic) bond motifs is 1. The van der Waals surface area contributed by atoms with Gasteiger partial charge in [-0.2, -0.15) is 13.2 Å². The highest BCUT2D eigenvalue weighted by Gasteiger charge is 2.44. The minimum absolute atomic E-state index is 0.0562. The van der Waals surface area contributed by atoms with Crippen LogP contribution in [0.4, 0.5) is 13.2 Å². The van der Waals surface area contributed by atoms with Crippen molar-refractivity contribution in [3.05, 3.63) is 88.7 Å². The zero-order valence-electron chi connectivity index (χ0n) is 24.5. The number of aryl methyl sites for hydroxylation is 2. The maximum Gasteiger partial charge on any atom is 0.416 e. The smallest absolute Gasteiger partial charge is 0.350 e. The monoisotopic (exact) mass is 605 g/mol. The lowest BCUT2D eigenvalue weighted by molar-refractivity contribution is -0.139. The molecule has 2 aliphatic rings. The SMILES string of the molecule is Cc1ccc(C[C@@H]2C[C@@H](C(=O)NCc3ccc4c(c3)nnn4C)N(C(=O)[C@H]3CC(c4cnccc4C(F)(F)F)CN3)C2)cc1. The zero-order valence-corrected chi connectivity index (χ0v) is 24.5. The fraction of sp³-hybridized carbons (Fsp3) is 0.406. The lowest BCUT2D eigenvalue weighted by atomic mass is 9.93. The Morgan fingerprint density at radius 2 is 1.84 bits per heavy atom. The Balaban J connectivity index is 1.18. The standard InChI is InChI=1S/C32H34F3N7O2/c1-19-3-5-20(6-4-19)11-22-13-29(30(43)38-15-21-7-8-28-26(12-21)39-40-41(28)2)42(18-22)31(44)27-14-23(16-37-27)24-17-36-10-9-25(24)32(33,34)35/h3-10,12,17,22-23,27,29,37H,11,13-16,18H2,1-2H3,(H,38,43)/t22-,23?,27-,29+/m1/s1. The third-order valence-electron chi connectivity index (χ3n) is 8.79. The van der Waals surface area contributed by atoms with Crippen molar-refractivity contribution < 1.29 is 22.8 Å². The Morgan fingerprint density at radius 3 is 2.61 bits per heavy atom. The molecular weight excluding hydrogens is 571 g/mol. The predicted octanol–water partition coefficient (Wildman–Crippen LogP) is 3.91. The Bertz CT molecular complexity index is 1670. The van der Waals surface area contributed by atoms with Gasteiger partial charge < -0.3 is 15.5 Å². The number of pyridine rings is 1. The summed E-state index contributed by atoms with van der Waals surface area (Å²) in [7, 11) is 1.81. The number of halogens is 3. The van der Waals surface area contributed by atoms with Crippen LogP contribution >= 0.6 is 0 Å². The molecular formula is C32H34F3N7O2. The molecule has 1 unspecified atom stereocenters. The number of aromatic nitrogens is 4. The molecule has 2 aliphatic heterocycles. The van der Waals surface area contributed by atoms with Crippen molar-refractivity contribution in [2.45, 2.75) is 56.9 Å². The number of rotatable bonds is 7. The third-order valence-corrected chi connectivity index (χ3v) is 8.79. The molecule has 2 amide bonds. The molecule has 2 aromatic carbocycles. The van der Waals surface area contributed by atoms with Crippen molar-refractivity contribution in [3.8, 4) is 0 Å². The van der Waals surface area contributed by atoms with Crippen molar-refractivity contribution in [2.75, 3.05) is 13.1 Å². The number of benzene rings is 2. The van der Waals surface area contributed by atoms with E-state index in [0.717, 1.165) is 40.0 Å². The molecule has 2 aromatic heterocycles. The van der Waals surface area contributed by atoms with E-state index in [4.69, 9.17) is 0 Å². The Labute approximate surface area is 252 Å². The van der Waals surface area contributed by atoms with E-state index in [1.54, 1.807) is 9.58 Å². The van der Waals surface area contributed by atoms with E-state index in [1.807, 2.05) is 44.3 Å². The maximum absolute atomic E-state index is 13.9. The van der Waals surface area contributed by atoms with Crippen LogP contribution in [0.3, 0.4) is 0 Å². The van der Waals surface area contributed by atoms with Gasteiger partial charge in [-0.05, 0) is 67.0 Å². The highest BCUT2D eigenvalue weighted by molar-refractivity contribution is 5.91. The molecule has 4 aromatic rings. The number of amides is 2. The second kappa shape index (κ2) is 12.0. The fourth-order valence-electron chi connectivity index (χ4n) is 6.47. The van der Waals surface area contributed by atoms with E-state index in [0.29, 0.717) is 19.4 Å². The molecule has 9 nitrogen and oxygen atoms in total. The molecule has 2 saturated heterocycles. The molecule has 4 atom stereocenters. The number of nitrogens with one attached hydrogen (secondary N) is 2. The van der Waals surface area contributed by atoms with Gasteiger partial charge in [0.05, 0.1) is 17.1 Å². The fourth-order valence-corrected chi connectivity index (χ4v) is 6.47. The van der Waals surface area contributed by atoms with Crippen LogP contribution in [0.2, 0.25) is 0 Å². The Morgan fingerprint density at radius 1 is 1.07 bits per heavy atom. The van der Waals surface area contributed by atoms with Gasteiger partial charge in [0, 0.05) is 45.0 Å². The van der Waals surface area contributed by atoms with E-state index >= 15 is 0 Å². The molecule has 4 heterocycles. The predicted molar refractivity (Wildman–Crippen MR) is 157 cm³/mol. The van der Waals surface area contributed by atoms with Gasteiger partial charge in [-0.25, -0.2) is 4.68 Å². The summed E-state index contributed by atoms with van der Waals surface area (Å²) >= 11 is 0. The molecule has 0 aliphatic carbocycles. The summed E-state index contributed by atoms with van der Waals surface area (Å²) < 4.78 is 42.7. The first kappa shape index (κ1) is 29.7. The molecule has 2 N–H and O–H groups in total. The number of carbonyl (C=O) groups excluding carboxylic acids is 2. The maximum atomic E-state index is 13.9. The number of hydrogen-bond donors (Lipinski definition) is 2. The van der Waals surface area contributed by atoms with E-state index in [-0.39, 0.29) is 42.8 Å². The number of carbonyl (C=O) groups is 2. The first-order valence-corrected chi connectivity index (χ1v) is 14.7. The number of alkyl halides is 3. The summed E-state index contributed by atoms with van der Waals surface area (Å²) in [5, 5.41) is 14.3. The van der Waals surface area contributed by atoms with Gasteiger partial charge in [0.1, 0.15) is 11.6 Å². The van der Waals surface area contributed by atoms with E-state index < -0.39 is 29.7 Å². The molecule has 2 fully saturated rings. The van der Waals surface area contributed by atoms with Gasteiger partial charge in [0.2, 0.25) is 11.8 Å². The quantitative estimate of drug-likeness (QED) is 0.331. The first-order chi connectivity index (χ1) is 21.1. The Hall–Kier alpha value is -4.32. The summed E-state index contributed by atoms with van der Waals surface area (Å²) in [5.74, 6) is -0.994. The molecule has 0 bridgehead atoms. The van der Waals surface area contributed by atoms with Crippen molar-refractivity contribution >= 4 is 22.8 Å². The second-order valence-corrected chi connectivity index (χ2v) is 11.9. The van der Waals surface area contributed by atoms with Gasteiger partial charge in [0.15, 0.2) is 0 Å². The zero-order chi connectivity index (χ0) is 31.0. The molecule has 0 radical (unpaired) electrons. The lowest BCUT2D eigenvalue weighted by Gasteiger charge is -2.27. The summed E-state index contributed by atoms with van der Waals surface area (Å²) in [6, 6.07) is 13.5. The topological polar surface area (TPSA) is 105 Å². The molecule has 44 heavy (non-hydrogen) atoms. The van der Waals surface area contributed by atoms with Gasteiger partial charge in [-0.1, -0.05) is 41.1 Å². The molecule has 0 spiro atoms. The molecule has 0 saturated carbocycles. The number of hydrogen-bond acceptors (Lipinski definition) is 6. The normalized spacial score (nSPS) is 22.1. The van der Waals surface area contributed by atoms with Crippen LogP contribution in [0.1, 0.15) is 46.6 Å². The third kappa shape index (κ3) is 6.17. The minimum atomic E-state index is -4.51. The summed E-state index contributed by atoms with van der Waals surface area (Å²) in [6.45, 7) is 2.89. The molecule has 6 rings (SSSR count). The van der Waals surface area contributed by atoms with Crippen LogP contribution in [0, 0.1) is 12.8 Å². The van der Waals surface area contributed by atoms with Crippen LogP contribution in [0.15, 0.2) is 60.9 Å². The summed E-state index contributed by atoms with van der Waals surface area (Å²) in [5.41, 5.74) is 4.08. The van der Waals surface area contributed by atoms with Crippen LogP contribution in [-0.2, 0) is 35.8 Å². The van der Waals surface area contributed by atoms with Crippen molar-refractivity contribution in [1.82, 2.24) is 35.5 Å². The molecule has 12 heteroatoms. The first-order valence-electron chi connectivity index (χ1n) is 14.7. The summed E-state index contributed by atoms with van der Waals surface area (Å²) in [4.78, 5) is 33.1. The number of likely N-dealkylation sites (tertiary alicyclic amines) is 1. The number of nitrogens with zero attached hydrogens (tertiary/aromatic N) is 5. The van der Waals surface area contributed by atoms with Crippen LogP contribution < -0.4 is 10.6 Å². The Kier molecular flexibility index (Phi) is 8.10. The highest BCUT2D eigenvalue weighted by Crippen LogP contribution is 2.38. The van der Waals surface area contributed by atoms with E-state index in [9.17, 15) is 22.8 Å². The average molecular weight is 606 g/mol. The van der Waals surface area contributed by atoms with Crippen LogP contribution in [0.5, 0.6) is 0 Å². The largest absolute Gasteiger partial charge is 0.416 e. The van der Waals surface area contributed by atoms with Crippen LogP contribution in [-0.4, -0.2) is 61.9 Å².